The lowest BCUT2D eigenvalue weighted by molar-refractivity contribution is -0.0814. The monoisotopic (exact) mass is 224 g/mol. The summed E-state index contributed by atoms with van der Waals surface area (Å²) in [5.74, 6) is 2.87. The molecule has 92 valence electrons. The van der Waals surface area contributed by atoms with Crippen LogP contribution in [0.15, 0.2) is 0 Å². The summed E-state index contributed by atoms with van der Waals surface area (Å²) in [7, 11) is 0. The summed E-state index contributed by atoms with van der Waals surface area (Å²) < 4.78 is 14.3. The molecule has 0 aliphatic heterocycles. The SMILES string of the molecule is CCC(C)(F)CC12CC3CC(CC(C3)C1)C2. The van der Waals surface area contributed by atoms with E-state index in [0.717, 1.165) is 24.2 Å². The van der Waals surface area contributed by atoms with Crippen molar-refractivity contribution in [2.45, 2.75) is 70.9 Å². The Balaban J connectivity index is 1.78. The fourth-order valence-electron chi connectivity index (χ4n) is 5.41. The van der Waals surface area contributed by atoms with E-state index in [1.807, 2.05) is 13.8 Å². The molecule has 0 saturated heterocycles. The lowest BCUT2D eigenvalue weighted by Crippen LogP contribution is -2.48. The van der Waals surface area contributed by atoms with E-state index in [2.05, 4.69) is 0 Å². The van der Waals surface area contributed by atoms with Crippen molar-refractivity contribution in [3.8, 4) is 0 Å². The van der Waals surface area contributed by atoms with Crippen LogP contribution in [0.1, 0.15) is 65.2 Å². The minimum Gasteiger partial charge on any atom is -0.244 e. The molecule has 1 unspecified atom stereocenters. The van der Waals surface area contributed by atoms with Gasteiger partial charge >= 0.3 is 0 Å². The van der Waals surface area contributed by atoms with E-state index < -0.39 is 5.67 Å². The molecular formula is C15H25F. The van der Waals surface area contributed by atoms with Gasteiger partial charge in [0.1, 0.15) is 5.67 Å². The van der Waals surface area contributed by atoms with Gasteiger partial charge in [-0.3, -0.25) is 0 Å². The van der Waals surface area contributed by atoms with Crippen LogP contribution in [0.2, 0.25) is 0 Å². The average molecular weight is 224 g/mol. The Morgan fingerprint density at radius 1 is 1.06 bits per heavy atom. The number of hydrogen-bond donors (Lipinski definition) is 0. The summed E-state index contributed by atoms with van der Waals surface area (Å²) in [6.45, 7) is 3.83. The zero-order valence-corrected chi connectivity index (χ0v) is 10.8. The highest BCUT2D eigenvalue weighted by Crippen LogP contribution is 2.62. The second-order valence-electron chi connectivity index (χ2n) is 7.36. The Kier molecular flexibility index (Phi) is 2.39. The van der Waals surface area contributed by atoms with Gasteiger partial charge in [0.05, 0.1) is 0 Å². The lowest BCUT2D eigenvalue weighted by Gasteiger charge is -2.58. The van der Waals surface area contributed by atoms with Gasteiger partial charge in [-0.2, -0.15) is 0 Å². The maximum absolute atomic E-state index is 14.3. The van der Waals surface area contributed by atoms with Crippen LogP contribution in [0.5, 0.6) is 0 Å². The van der Waals surface area contributed by atoms with Crippen LogP contribution in [0.25, 0.3) is 0 Å². The number of alkyl halides is 1. The van der Waals surface area contributed by atoms with Crippen molar-refractivity contribution in [1.29, 1.82) is 0 Å². The molecule has 4 fully saturated rings. The molecule has 0 aromatic rings. The number of rotatable bonds is 3. The first-order valence-corrected chi connectivity index (χ1v) is 7.19. The van der Waals surface area contributed by atoms with Gasteiger partial charge < -0.3 is 0 Å². The molecule has 0 aromatic heterocycles. The average Bonchev–Trinajstić information content (AvgIpc) is 2.13. The predicted octanol–water partition coefficient (Wildman–Crippen LogP) is 4.73. The molecule has 16 heavy (non-hydrogen) atoms. The molecule has 4 rings (SSSR count). The highest BCUT2D eigenvalue weighted by atomic mass is 19.1. The molecule has 4 saturated carbocycles. The van der Waals surface area contributed by atoms with Gasteiger partial charge in [-0.15, -0.1) is 0 Å². The third-order valence-corrected chi connectivity index (χ3v) is 5.65. The van der Waals surface area contributed by atoms with Crippen LogP contribution in [0, 0.1) is 23.2 Å². The third kappa shape index (κ3) is 1.80. The molecule has 4 bridgehead atoms. The van der Waals surface area contributed by atoms with Gasteiger partial charge in [-0.05, 0) is 81.5 Å². The van der Waals surface area contributed by atoms with E-state index in [9.17, 15) is 4.39 Å². The largest absolute Gasteiger partial charge is 0.244 e. The Labute approximate surface area is 99.0 Å². The first-order chi connectivity index (χ1) is 7.50. The molecule has 0 spiro atoms. The van der Waals surface area contributed by atoms with Crippen LogP contribution in [0.3, 0.4) is 0 Å². The smallest absolute Gasteiger partial charge is 0.108 e. The first-order valence-electron chi connectivity index (χ1n) is 7.19. The molecular weight excluding hydrogens is 199 g/mol. The Morgan fingerprint density at radius 2 is 1.50 bits per heavy atom. The number of hydrogen-bond acceptors (Lipinski definition) is 0. The Morgan fingerprint density at radius 3 is 1.88 bits per heavy atom. The zero-order chi connectivity index (χ0) is 11.4. The van der Waals surface area contributed by atoms with E-state index in [-0.39, 0.29) is 0 Å². The van der Waals surface area contributed by atoms with Crippen molar-refractivity contribution in [2.75, 3.05) is 0 Å². The molecule has 0 aromatic carbocycles. The summed E-state index contributed by atoms with van der Waals surface area (Å²) >= 11 is 0. The molecule has 0 heterocycles. The highest BCUT2D eigenvalue weighted by molar-refractivity contribution is 5.03. The summed E-state index contributed by atoms with van der Waals surface area (Å²) in [4.78, 5) is 0. The van der Waals surface area contributed by atoms with Gasteiger partial charge in [0.15, 0.2) is 0 Å². The molecule has 1 atom stereocenters. The van der Waals surface area contributed by atoms with Crippen LogP contribution in [-0.4, -0.2) is 5.67 Å². The summed E-state index contributed by atoms with van der Waals surface area (Å²) in [5.41, 5.74) is -0.500. The normalized spacial score (nSPS) is 49.3. The van der Waals surface area contributed by atoms with Gasteiger partial charge in [0, 0.05) is 0 Å². The maximum atomic E-state index is 14.3. The van der Waals surface area contributed by atoms with E-state index in [1.165, 1.54) is 38.5 Å². The topological polar surface area (TPSA) is 0 Å². The molecule has 0 radical (unpaired) electrons. The lowest BCUT2D eigenvalue weighted by atomic mass is 9.48. The minimum absolute atomic E-state index is 0.411. The van der Waals surface area contributed by atoms with Crippen LogP contribution >= 0.6 is 0 Å². The van der Waals surface area contributed by atoms with Crippen molar-refractivity contribution < 1.29 is 4.39 Å². The van der Waals surface area contributed by atoms with Gasteiger partial charge in [-0.25, -0.2) is 4.39 Å². The molecule has 4 aliphatic carbocycles. The van der Waals surface area contributed by atoms with Crippen molar-refractivity contribution >= 4 is 0 Å². The molecule has 0 N–H and O–H groups in total. The van der Waals surface area contributed by atoms with E-state index >= 15 is 0 Å². The maximum Gasteiger partial charge on any atom is 0.108 e. The molecule has 0 nitrogen and oxygen atoms in total. The standard InChI is InChI=1S/C15H25F/c1-3-14(2,16)10-15-7-11-4-12(8-15)6-13(5-11)9-15/h11-13H,3-10H2,1-2H3. The Hall–Kier alpha value is -0.0700. The van der Waals surface area contributed by atoms with Gasteiger partial charge in [0.2, 0.25) is 0 Å². The second-order valence-corrected chi connectivity index (χ2v) is 7.36. The predicted molar refractivity (Wildman–Crippen MR) is 65.0 cm³/mol. The fraction of sp³-hybridized carbons (Fsp3) is 1.00. The zero-order valence-electron chi connectivity index (χ0n) is 10.8. The minimum atomic E-state index is -0.911. The van der Waals surface area contributed by atoms with Crippen LogP contribution < -0.4 is 0 Å². The summed E-state index contributed by atoms with van der Waals surface area (Å²) in [6.07, 6.45) is 9.97. The highest BCUT2D eigenvalue weighted by Gasteiger charge is 2.52. The van der Waals surface area contributed by atoms with Crippen LogP contribution in [-0.2, 0) is 0 Å². The number of halogens is 1. The summed E-state index contributed by atoms with van der Waals surface area (Å²) in [5, 5.41) is 0. The third-order valence-electron chi connectivity index (χ3n) is 5.65. The quantitative estimate of drug-likeness (QED) is 0.650. The van der Waals surface area contributed by atoms with E-state index in [1.54, 1.807) is 0 Å². The fourth-order valence-corrected chi connectivity index (χ4v) is 5.41. The van der Waals surface area contributed by atoms with Gasteiger partial charge in [-0.1, -0.05) is 6.92 Å². The van der Waals surface area contributed by atoms with E-state index in [4.69, 9.17) is 0 Å². The van der Waals surface area contributed by atoms with Gasteiger partial charge in [0.25, 0.3) is 0 Å². The van der Waals surface area contributed by atoms with Crippen molar-refractivity contribution in [2.24, 2.45) is 23.2 Å². The van der Waals surface area contributed by atoms with Crippen molar-refractivity contribution in [1.82, 2.24) is 0 Å². The molecule has 0 amide bonds. The molecule has 1 heteroatoms. The second kappa shape index (κ2) is 3.46. The first kappa shape index (κ1) is 11.0. The summed E-state index contributed by atoms with van der Waals surface area (Å²) in [6, 6.07) is 0. The van der Waals surface area contributed by atoms with Crippen molar-refractivity contribution in [3.05, 3.63) is 0 Å². The Bertz CT molecular complexity index is 244. The van der Waals surface area contributed by atoms with Crippen molar-refractivity contribution in [3.63, 3.8) is 0 Å². The van der Waals surface area contributed by atoms with E-state index in [0.29, 0.717) is 11.8 Å². The molecule has 4 aliphatic rings. The van der Waals surface area contributed by atoms with Crippen LogP contribution in [0.4, 0.5) is 4.39 Å².